The van der Waals surface area contributed by atoms with Crippen LogP contribution in [0.2, 0.25) is 5.02 Å². The smallest absolute Gasteiger partial charge is 0.138 e. The Kier molecular flexibility index (Phi) is 5.27. The van der Waals surface area contributed by atoms with Gasteiger partial charge in [-0.05, 0) is 30.2 Å². The highest BCUT2D eigenvalue weighted by atomic mass is 35.5. The predicted octanol–water partition coefficient (Wildman–Crippen LogP) is 2.84. The van der Waals surface area contributed by atoms with Gasteiger partial charge in [0.2, 0.25) is 0 Å². The van der Waals surface area contributed by atoms with Crippen molar-refractivity contribution in [3.8, 4) is 5.75 Å². The first-order valence-corrected chi connectivity index (χ1v) is 7.81. The summed E-state index contributed by atoms with van der Waals surface area (Å²) in [5.74, 6) is 0.692. The molecule has 0 aliphatic carbocycles. The molecule has 4 nitrogen and oxygen atoms in total. The van der Waals surface area contributed by atoms with E-state index in [1.165, 1.54) is 0 Å². The van der Waals surface area contributed by atoms with Gasteiger partial charge in [-0.25, -0.2) is 0 Å². The molecule has 1 saturated heterocycles. The number of morpholine rings is 1. The molecule has 1 aliphatic rings. The maximum atomic E-state index is 6.32. The highest BCUT2D eigenvalue weighted by Crippen LogP contribution is 2.27. The van der Waals surface area contributed by atoms with Crippen molar-refractivity contribution in [1.82, 2.24) is 10.3 Å². The highest BCUT2D eigenvalue weighted by Gasteiger charge is 2.14. The number of hydrogen-bond acceptors (Lipinski definition) is 4. The molecule has 2 heterocycles. The Balaban J connectivity index is 1.59. The van der Waals surface area contributed by atoms with Gasteiger partial charge in [0.05, 0.1) is 17.7 Å². The third kappa shape index (κ3) is 4.19. The summed E-state index contributed by atoms with van der Waals surface area (Å²) in [5, 5.41) is 3.96. The van der Waals surface area contributed by atoms with E-state index in [0.717, 1.165) is 37.2 Å². The van der Waals surface area contributed by atoms with Gasteiger partial charge in [-0.15, -0.1) is 0 Å². The fourth-order valence-electron chi connectivity index (χ4n) is 2.45. The first-order chi connectivity index (χ1) is 10.8. The number of hydrogen-bond donors (Lipinski definition) is 1. The number of nitrogens with one attached hydrogen (secondary N) is 1. The Morgan fingerprint density at radius 1 is 1.32 bits per heavy atom. The van der Waals surface area contributed by atoms with Gasteiger partial charge in [-0.1, -0.05) is 23.7 Å². The number of pyridine rings is 1. The lowest BCUT2D eigenvalue weighted by molar-refractivity contribution is 0.0292. The van der Waals surface area contributed by atoms with Gasteiger partial charge in [-0.3, -0.25) is 4.98 Å². The van der Waals surface area contributed by atoms with Gasteiger partial charge < -0.3 is 14.8 Å². The van der Waals surface area contributed by atoms with Gasteiger partial charge in [0.15, 0.2) is 0 Å². The molecule has 0 bridgehead atoms. The molecule has 1 atom stereocenters. The topological polar surface area (TPSA) is 43.4 Å². The van der Waals surface area contributed by atoms with Crippen molar-refractivity contribution in [3.63, 3.8) is 0 Å². The number of nitrogens with zero attached hydrogens (tertiary/aromatic N) is 1. The molecule has 0 saturated carbocycles. The molecule has 116 valence electrons. The summed E-state index contributed by atoms with van der Waals surface area (Å²) in [7, 11) is 0. The predicted molar refractivity (Wildman–Crippen MR) is 86.3 cm³/mol. The second-order valence-electron chi connectivity index (χ2n) is 5.32. The lowest BCUT2D eigenvalue weighted by atomic mass is 10.1. The fourth-order valence-corrected chi connectivity index (χ4v) is 2.70. The van der Waals surface area contributed by atoms with Crippen LogP contribution in [0.5, 0.6) is 5.75 Å². The van der Waals surface area contributed by atoms with Crippen molar-refractivity contribution in [2.24, 2.45) is 0 Å². The van der Waals surface area contributed by atoms with Crippen molar-refractivity contribution in [1.29, 1.82) is 0 Å². The van der Waals surface area contributed by atoms with Crippen LogP contribution in [0.25, 0.3) is 0 Å². The van der Waals surface area contributed by atoms with Crippen LogP contribution in [0.1, 0.15) is 11.1 Å². The number of rotatable bonds is 5. The van der Waals surface area contributed by atoms with Crippen LogP contribution < -0.4 is 10.1 Å². The molecule has 0 unspecified atom stereocenters. The average molecular weight is 319 g/mol. The zero-order chi connectivity index (χ0) is 15.2. The monoisotopic (exact) mass is 318 g/mol. The van der Waals surface area contributed by atoms with E-state index in [-0.39, 0.29) is 6.10 Å². The molecule has 1 aromatic heterocycles. The minimum Gasteiger partial charge on any atom is -0.487 e. The molecule has 2 aromatic rings. The van der Waals surface area contributed by atoms with Crippen molar-refractivity contribution < 1.29 is 9.47 Å². The highest BCUT2D eigenvalue weighted by molar-refractivity contribution is 6.32. The van der Waals surface area contributed by atoms with Gasteiger partial charge in [0.1, 0.15) is 12.4 Å². The van der Waals surface area contributed by atoms with Crippen LogP contribution in [-0.2, 0) is 17.8 Å². The number of benzene rings is 1. The van der Waals surface area contributed by atoms with Crippen molar-refractivity contribution in [2.75, 3.05) is 19.7 Å². The van der Waals surface area contributed by atoms with Gasteiger partial charge in [-0.2, -0.15) is 0 Å². The van der Waals surface area contributed by atoms with E-state index >= 15 is 0 Å². The molecule has 1 aromatic carbocycles. The maximum Gasteiger partial charge on any atom is 0.138 e. The molecule has 0 radical (unpaired) electrons. The first-order valence-electron chi connectivity index (χ1n) is 7.44. The summed E-state index contributed by atoms with van der Waals surface area (Å²) >= 11 is 6.32. The van der Waals surface area contributed by atoms with Crippen LogP contribution in [0.3, 0.4) is 0 Å². The second kappa shape index (κ2) is 7.58. The van der Waals surface area contributed by atoms with E-state index in [1.54, 1.807) is 12.4 Å². The Labute approximate surface area is 135 Å². The largest absolute Gasteiger partial charge is 0.487 e. The van der Waals surface area contributed by atoms with Crippen molar-refractivity contribution in [2.45, 2.75) is 19.1 Å². The van der Waals surface area contributed by atoms with Crippen LogP contribution in [0.15, 0.2) is 42.7 Å². The SMILES string of the molecule is Clc1cc(C[C@@H]2CNCCO2)ccc1OCc1cccnc1. The van der Waals surface area contributed by atoms with E-state index in [4.69, 9.17) is 21.1 Å². The normalized spacial score (nSPS) is 18.1. The Bertz CT molecular complexity index is 601. The summed E-state index contributed by atoms with van der Waals surface area (Å²) < 4.78 is 11.5. The Morgan fingerprint density at radius 3 is 3.00 bits per heavy atom. The van der Waals surface area contributed by atoms with Crippen LogP contribution in [0.4, 0.5) is 0 Å². The summed E-state index contributed by atoms with van der Waals surface area (Å²) in [4.78, 5) is 4.07. The molecule has 0 amide bonds. The van der Waals surface area contributed by atoms with E-state index < -0.39 is 0 Å². The Morgan fingerprint density at radius 2 is 2.27 bits per heavy atom. The fraction of sp³-hybridized carbons (Fsp3) is 0.353. The van der Waals surface area contributed by atoms with E-state index in [9.17, 15) is 0 Å². The average Bonchev–Trinajstić information content (AvgIpc) is 2.56. The zero-order valence-corrected chi connectivity index (χ0v) is 13.1. The third-order valence-corrected chi connectivity index (χ3v) is 3.88. The lowest BCUT2D eigenvalue weighted by Crippen LogP contribution is -2.39. The maximum absolute atomic E-state index is 6.32. The summed E-state index contributed by atoms with van der Waals surface area (Å²) in [6.45, 7) is 3.04. The quantitative estimate of drug-likeness (QED) is 0.920. The second-order valence-corrected chi connectivity index (χ2v) is 5.72. The molecule has 0 spiro atoms. The van der Waals surface area contributed by atoms with E-state index in [1.807, 2.05) is 30.3 Å². The third-order valence-electron chi connectivity index (χ3n) is 3.58. The molecule has 1 N–H and O–H groups in total. The minimum absolute atomic E-state index is 0.215. The molecule has 3 rings (SSSR count). The molecule has 5 heteroatoms. The van der Waals surface area contributed by atoms with Gasteiger partial charge >= 0.3 is 0 Å². The zero-order valence-electron chi connectivity index (χ0n) is 12.3. The number of ether oxygens (including phenoxy) is 2. The first kappa shape index (κ1) is 15.3. The Hall–Kier alpha value is -1.62. The molecule has 1 aliphatic heterocycles. The molecule has 1 fully saturated rings. The van der Waals surface area contributed by atoms with Crippen LogP contribution in [0, 0.1) is 0 Å². The lowest BCUT2D eigenvalue weighted by Gasteiger charge is -2.23. The minimum atomic E-state index is 0.215. The van der Waals surface area contributed by atoms with Crippen molar-refractivity contribution in [3.05, 3.63) is 58.9 Å². The van der Waals surface area contributed by atoms with Gasteiger partial charge in [0, 0.05) is 31.0 Å². The summed E-state index contributed by atoms with van der Waals surface area (Å²) in [6, 6.07) is 9.79. The number of aromatic nitrogens is 1. The van der Waals surface area contributed by atoms with Crippen molar-refractivity contribution >= 4 is 11.6 Å². The van der Waals surface area contributed by atoms with E-state index in [2.05, 4.69) is 10.3 Å². The standard InChI is InChI=1S/C17H19ClN2O2/c18-16-9-13(8-15-11-20-6-7-21-15)3-4-17(16)22-12-14-2-1-5-19-10-14/h1-5,9-10,15,20H,6-8,11-12H2/t15-/m1/s1. The number of halogens is 1. The molecular formula is C17H19ClN2O2. The molecular weight excluding hydrogens is 300 g/mol. The summed E-state index contributed by atoms with van der Waals surface area (Å²) in [6.07, 6.45) is 4.60. The van der Waals surface area contributed by atoms with Crippen LogP contribution >= 0.6 is 11.6 Å². The van der Waals surface area contributed by atoms with Gasteiger partial charge in [0.25, 0.3) is 0 Å². The summed E-state index contributed by atoms with van der Waals surface area (Å²) in [5.41, 5.74) is 2.18. The van der Waals surface area contributed by atoms with E-state index in [0.29, 0.717) is 17.4 Å². The van der Waals surface area contributed by atoms with Crippen LogP contribution in [-0.4, -0.2) is 30.8 Å². The molecule has 22 heavy (non-hydrogen) atoms.